The molecule has 0 bridgehead atoms. The molecule has 2 nitrogen and oxygen atoms in total. The molecule has 0 aromatic heterocycles. The van der Waals surface area contributed by atoms with Crippen molar-refractivity contribution in [2.24, 2.45) is 0 Å². The molecular formula is C16H25FN2. The monoisotopic (exact) mass is 264 g/mol. The molecule has 1 heterocycles. The van der Waals surface area contributed by atoms with E-state index in [-0.39, 0.29) is 5.82 Å². The van der Waals surface area contributed by atoms with Crippen molar-refractivity contribution < 1.29 is 4.39 Å². The molecule has 1 aromatic carbocycles. The van der Waals surface area contributed by atoms with Gasteiger partial charge in [0.05, 0.1) is 0 Å². The zero-order valence-corrected chi connectivity index (χ0v) is 12.0. The van der Waals surface area contributed by atoms with Gasteiger partial charge in [0.25, 0.3) is 0 Å². The van der Waals surface area contributed by atoms with Gasteiger partial charge in [-0.05, 0) is 49.5 Å². The average Bonchev–Trinajstić information content (AvgIpc) is 2.44. The molecule has 19 heavy (non-hydrogen) atoms. The van der Waals surface area contributed by atoms with Crippen LogP contribution >= 0.6 is 0 Å². The summed E-state index contributed by atoms with van der Waals surface area (Å²) >= 11 is 0. The second-order valence-electron chi connectivity index (χ2n) is 5.49. The summed E-state index contributed by atoms with van der Waals surface area (Å²) < 4.78 is 13.4. The van der Waals surface area contributed by atoms with Gasteiger partial charge in [0, 0.05) is 19.1 Å². The smallest absolute Gasteiger partial charge is 0.123 e. The molecule has 1 aliphatic heterocycles. The van der Waals surface area contributed by atoms with E-state index < -0.39 is 0 Å². The van der Waals surface area contributed by atoms with Gasteiger partial charge in [-0.3, -0.25) is 0 Å². The van der Waals surface area contributed by atoms with E-state index in [0.717, 1.165) is 44.6 Å². The van der Waals surface area contributed by atoms with Gasteiger partial charge in [-0.15, -0.1) is 0 Å². The highest BCUT2D eigenvalue weighted by molar-refractivity contribution is 5.22. The molecule has 0 amide bonds. The minimum Gasteiger partial charge on any atom is -0.313 e. The summed E-state index contributed by atoms with van der Waals surface area (Å²) in [7, 11) is 0. The lowest BCUT2D eigenvalue weighted by molar-refractivity contribution is 0.179. The van der Waals surface area contributed by atoms with Crippen LogP contribution in [-0.4, -0.2) is 37.1 Å². The van der Waals surface area contributed by atoms with E-state index in [2.05, 4.69) is 30.1 Å². The molecule has 2 unspecified atom stereocenters. The Kier molecular flexibility index (Phi) is 5.34. The van der Waals surface area contributed by atoms with Crippen molar-refractivity contribution in [3.63, 3.8) is 0 Å². The van der Waals surface area contributed by atoms with Gasteiger partial charge in [0.2, 0.25) is 0 Å². The molecule has 0 spiro atoms. The molecular weight excluding hydrogens is 239 g/mol. The number of hydrogen-bond acceptors (Lipinski definition) is 2. The molecule has 106 valence electrons. The molecule has 1 aliphatic rings. The highest BCUT2D eigenvalue weighted by Crippen LogP contribution is 2.27. The molecule has 1 fully saturated rings. The second-order valence-corrected chi connectivity index (χ2v) is 5.49. The quantitative estimate of drug-likeness (QED) is 0.879. The summed E-state index contributed by atoms with van der Waals surface area (Å²) in [5, 5.41) is 3.61. The Bertz CT molecular complexity index is 394. The normalized spacial score (nSPS) is 24.6. The lowest BCUT2D eigenvalue weighted by Gasteiger charge is -2.38. The van der Waals surface area contributed by atoms with Gasteiger partial charge in [-0.25, -0.2) is 4.39 Å². The van der Waals surface area contributed by atoms with Crippen molar-refractivity contribution in [3.05, 3.63) is 35.6 Å². The van der Waals surface area contributed by atoms with Crippen LogP contribution in [0.15, 0.2) is 24.3 Å². The van der Waals surface area contributed by atoms with E-state index >= 15 is 0 Å². The first kappa shape index (κ1) is 14.5. The summed E-state index contributed by atoms with van der Waals surface area (Å²) in [6.07, 6.45) is 2.27. The van der Waals surface area contributed by atoms with Crippen molar-refractivity contribution in [3.8, 4) is 0 Å². The van der Waals surface area contributed by atoms with Gasteiger partial charge >= 0.3 is 0 Å². The average molecular weight is 264 g/mol. The number of rotatable bonds is 5. The molecule has 1 N–H and O–H groups in total. The number of piperidine rings is 1. The van der Waals surface area contributed by atoms with E-state index in [9.17, 15) is 4.39 Å². The highest BCUT2D eigenvalue weighted by Gasteiger charge is 2.27. The number of halogens is 1. The van der Waals surface area contributed by atoms with Gasteiger partial charge in [0.1, 0.15) is 5.82 Å². The molecule has 2 atom stereocenters. The van der Waals surface area contributed by atoms with Crippen LogP contribution in [0.2, 0.25) is 0 Å². The topological polar surface area (TPSA) is 15.3 Å². The Morgan fingerprint density at radius 2 is 2.16 bits per heavy atom. The molecule has 0 radical (unpaired) electrons. The van der Waals surface area contributed by atoms with E-state index in [1.165, 1.54) is 6.07 Å². The van der Waals surface area contributed by atoms with Crippen LogP contribution in [0.25, 0.3) is 0 Å². The van der Waals surface area contributed by atoms with Crippen LogP contribution < -0.4 is 5.32 Å². The first-order chi connectivity index (χ1) is 9.22. The van der Waals surface area contributed by atoms with Gasteiger partial charge in [-0.1, -0.05) is 26.0 Å². The summed E-state index contributed by atoms with van der Waals surface area (Å²) in [5.74, 6) is 0.322. The van der Waals surface area contributed by atoms with Gasteiger partial charge in [0.15, 0.2) is 0 Å². The second kappa shape index (κ2) is 7.01. The van der Waals surface area contributed by atoms with Crippen LogP contribution in [0.4, 0.5) is 4.39 Å². The predicted octanol–water partition coefficient (Wildman–Crippen LogP) is 3.00. The highest BCUT2D eigenvalue weighted by atomic mass is 19.1. The van der Waals surface area contributed by atoms with Gasteiger partial charge in [-0.2, -0.15) is 0 Å². The van der Waals surface area contributed by atoms with Crippen LogP contribution in [-0.2, 0) is 0 Å². The predicted molar refractivity (Wildman–Crippen MR) is 78.0 cm³/mol. The Hall–Kier alpha value is -0.930. The third-order valence-corrected chi connectivity index (χ3v) is 3.98. The fourth-order valence-electron chi connectivity index (χ4n) is 2.95. The van der Waals surface area contributed by atoms with E-state index in [0.29, 0.717) is 12.0 Å². The lowest BCUT2D eigenvalue weighted by Crippen LogP contribution is -2.48. The molecule has 0 saturated carbocycles. The van der Waals surface area contributed by atoms with Crippen LogP contribution in [0.3, 0.4) is 0 Å². The summed E-state index contributed by atoms with van der Waals surface area (Å²) in [5.41, 5.74) is 1.14. The molecule has 2 rings (SSSR count). The SMILES string of the molecule is CCCNC1CC(c2cccc(F)c2)CN(CC)C1. The Balaban J connectivity index is 2.06. The fourth-order valence-corrected chi connectivity index (χ4v) is 2.95. The first-order valence-electron chi connectivity index (χ1n) is 7.44. The summed E-state index contributed by atoms with van der Waals surface area (Å²) in [6, 6.07) is 7.63. The number of likely N-dealkylation sites (N-methyl/N-ethyl adjacent to an activating group) is 1. The third-order valence-electron chi connectivity index (χ3n) is 3.98. The molecule has 0 aliphatic carbocycles. The zero-order valence-electron chi connectivity index (χ0n) is 12.0. The van der Waals surface area contributed by atoms with Crippen molar-refractivity contribution in [2.75, 3.05) is 26.2 Å². The Morgan fingerprint density at radius 3 is 2.84 bits per heavy atom. The lowest BCUT2D eigenvalue weighted by atomic mass is 9.88. The van der Waals surface area contributed by atoms with Gasteiger partial charge < -0.3 is 10.2 Å². The maximum absolute atomic E-state index is 13.4. The maximum atomic E-state index is 13.4. The minimum absolute atomic E-state index is 0.121. The standard InChI is InChI=1S/C16H25FN2/c1-3-8-18-16-10-14(11-19(4-2)12-16)13-6-5-7-15(17)9-13/h5-7,9,14,16,18H,3-4,8,10-12H2,1-2H3. The Morgan fingerprint density at radius 1 is 1.32 bits per heavy atom. The van der Waals surface area contributed by atoms with Crippen molar-refractivity contribution >= 4 is 0 Å². The third kappa shape index (κ3) is 4.02. The molecule has 1 saturated heterocycles. The van der Waals surface area contributed by atoms with Crippen molar-refractivity contribution in [1.82, 2.24) is 10.2 Å². The minimum atomic E-state index is -0.121. The number of hydrogen-bond donors (Lipinski definition) is 1. The van der Waals surface area contributed by atoms with Crippen molar-refractivity contribution in [2.45, 2.75) is 38.6 Å². The van der Waals surface area contributed by atoms with E-state index in [4.69, 9.17) is 0 Å². The number of nitrogens with zero attached hydrogens (tertiary/aromatic N) is 1. The maximum Gasteiger partial charge on any atom is 0.123 e. The van der Waals surface area contributed by atoms with Crippen LogP contribution in [0.5, 0.6) is 0 Å². The molecule has 3 heteroatoms. The van der Waals surface area contributed by atoms with E-state index in [1.807, 2.05) is 6.07 Å². The summed E-state index contributed by atoms with van der Waals surface area (Å²) in [6.45, 7) is 8.68. The molecule has 1 aromatic rings. The van der Waals surface area contributed by atoms with Crippen LogP contribution in [0.1, 0.15) is 38.2 Å². The number of benzene rings is 1. The van der Waals surface area contributed by atoms with E-state index in [1.54, 1.807) is 6.07 Å². The number of nitrogens with one attached hydrogen (secondary N) is 1. The van der Waals surface area contributed by atoms with Crippen molar-refractivity contribution in [1.29, 1.82) is 0 Å². The largest absolute Gasteiger partial charge is 0.313 e. The Labute approximate surface area is 116 Å². The summed E-state index contributed by atoms with van der Waals surface area (Å²) in [4.78, 5) is 2.46. The first-order valence-corrected chi connectivity index (χ1v) is 7.44. The zero-order chi connectivity index (χ0) is 13.7. The fraction of sp³-hybridized carbons (Fsp3) is 0.625. The number of likely N-dealkylation sites (tertiary alicyclic amines) is 1. The van der Waals surface area contributed by atoms with Crippen LogP contribution in [0, 0.1) is 5.82 Å².